The van der Waals surface area contributed by atoms with Crippen LogP contribution in [0.15, 0.2) is 59.9 Å². The van der Waals surface area contributed by atoms with E-state index in [9.17, 15) is 0 Å². The summed E-state index contributed by atoms with van der Waals surface area (Å²) in [5, 5.41) is 4.05. The molecule has 0 saturated carbocycles. The highest BCUT2D eigenvalue weighted by atomic mass is 16.5. The van der Waals surface area contributed by atoms with Crippen molar-refractivity contribution < 1.29 is 9.26 Å². The van der Waals surface area contributed by atoms with Gasteiger partial charge in [0, 0.05) is 24.5 Å². The third-order valence-electron chi connectivity index (χ3n) is 4.05. The highest BCUT2D eigenvalue weighted by Crippen LogP contribution is 2.22. The molecule has 0 unspecified atom stereocenters. The van der Waals surface area contributed by atoms with E-state index in [2.05, 4.69) is 38.7 Å². The lowest BCUT2D eigenvalue weighted by Crippen LogP contribution is -2.17. The van der Waals surface area contributed by atoms with Crippen molar-refractivity contribution in [2.24, 2.45) is 0 Å². The predicted octanol–water partition coefficient (Wildman–Crippen LogP) is 3.89. The van der Waals surface area contributed by atoms with Gasteiger partial charge in [0.15, 0.2) is 0 Å². The second-order valence-electron chi connectivity index (χ2n) is 6.29. The van der Waals surface area contributed by atoms with Gasteiger partial charge >= 0.3 is 0 Å². The van der Waals surface area contributed by atoms with Crippen LogP contribution in [0.5, 0.6) is 5.75 Å². The average molecular weight is 364 g/mol. The van der Waals surface area contributed by atoms with Crippen LogP contribution in [0.25, 0.3) is 11.4 Å². The molecule has 0 fully saturated rings. The topological polar surface area (TPSA) is 64.3 Å². The van der Waals surface area contributed by atoms with Crippen LogP contribution in [-0.4, -0.2) is 33.7 Å². The standard InChI is InChI=1S/C21H24N4O2/c1-4-6-18-13-16(7-8-19(18)26-5-2)14-25(3)15-20-23-21(24-27-20)17-9-11-22-12-10-17/h4,7-13H,1,5-6,14-15H2,2-3H3. The van der Waals surface area contributed by atoms with Gasteiger partial charge in [0.25, 0.3) is 0 Å². The third kappa shape index (κ3) is 5.01. The number of rotatable bonds is 9. The maximum Gasteiger partial charge on any atom is 0.241 e. The molecule has 1 aromatic carbocycles. The van der Waals surface area contributed by atoms with E-state index in [1.54, 1.807) is 12.4 Å². The van der Waals surface area contributed by atoms with Gasteiger partial charge in [0.1, 0.15) is 5.75 Å². The van der Waals surface area contributed by atoms with E-state index in [4.69, 9.17) is 9.26 Å². The lowest BCUT2D eigenvalue weighted by atomic mass is 10.1. The smallest absolute Gasteiger partial charge is 0.241 e. The largest absolute Gasteiger partial charge is 0.494 e. The normalized spacial score (nSPS) is 10.9. The quantitative estimate of drug-likeness (QED) is 0.537. The fourth-order valence-electron chi connectivity index (χ4n) is 2.88. The number of hydrogen-bond acceptors (Lipinski definition) is 6. The second-order valence-corrected chi connectivity index (χ2v) is 6.29. The second kappa shape index (κ2) is 9.09. The molecule has 3 rings (SSSR count). The van der Waals surface area contributed by atoms with Crippen LogP contribution in [-0.2, 0) is 19.5 Å². The highest BCUT2D eigenvalue weighted by molar-refractivity contribution is 5.52. The maximum atomic E-state index is 5.69. The van der Waals surface area contributed by atoms with E-state index < -0.39 is 0 Å². The maximum absolute atomic E-state index is 5.69. The molecule has 0 atom stereocenters. The molecule has 0 aliphatic heterocycles. The van der Waals surface area contributed by atoms with Crippen LogP contribution in [0.4, 0.5) is 0 Å². The number of pyridine rings is 1. The van der Waals surface area contributed by atoms with Crippen molar-refractivity contribution in [2.45, 2.75) is 26.4 Å². The molecular weight excluding hydrogens is 340 g/mol. The van der Waals surface area contributed by atoms with Gasteiger partial charge < -0.3 is 9.26 Å². The van der Waals surface area contributed by atoms with Crippen LogP contribution in [0.2, 0.25) is 0 Å². The van der Waals surface area contributed by atoms with Gasteiger partial charge in [-0.2, -0.15) is 4.98 Å². The Kier molecular flexibility index (Phi) is 6.33. The van der Waals surface area contributed by atoms with Crippen molar-refractivity contribution in [3.63, 3.8) is 0 Å². The molecule has 0 aliphatic rings. The number of ether oxygens (including phenoxy) is 1. The molecule has 6 nitrogen and oxygen atoms in total. The molecule has 0 spiro atoms. The molecule has 0 radical (unpaired) electrons. The Morgan fingerprint density at radius 3 is 2.74 bits per heavy atom. The lowest BCUT2D eigenvalue weighted by molar-refractivity contribution is 0.260. The Labute approximate surface area is 159 Å². The van der Waals surface area contributed by atoms with E-state index >= 15 is 0 Å². The number of aromatic nitrogens is 3. The summed E-state index contributed by atoms with van der Waals surface area (Å²) in [6.07, 6.45) is 6.10. The summed E-state index contributed by atoms with van der Waals surface area (Å²) in [6.45, 7) is 7.82. The van der Waals surface area contributed by atoms with Gasteiger partial charge in [0.05, 0.1) is 13.2 Å². The molecule has 140 valence electrons. The summed E-state index contributed by atoms with van der Waals surface area (Å²) in [5.41, 5.74) is 3.24. The van der Waals surface area contributed by atoms with E-state index in [1.807, 2.05) is 38.2 Å². The predicted molar refractivity (Wildman–Crippen MR) is 104 cm³/mol. The molecule has 3 aromatic rings. The van der Waals surface area contributed by atoms with Crippen molar-refractivity contribution in [1.29, 1.82) is 0 Å². The fourth-order valence-corrected chi connectivity index (χ4v) is 2.88. The van der Waals surface area contributed by atoms with E-state index in [-0.39, 0.29) is 0 Å². The summed E-state index contributed by atoms with van der Waals surface area (Å²) in [7, 11) is 2.03. The molecule has 0 aliphatic carbocycles. The zero-order chi connectivity index (χ0) is 19.1. The Hall–Kier alpha value is -2.99. The first kappa shape index (κ1) is 18.8. The van der Waals surface area contributed by atoms with Gasteiger partial charge in [-0.05, 0) is 49.7 Å². The first-order chi connectivity index (χ1) is 13.2. The summed E-state index contributed by atoms with van der Waals surface area (Å²) >= 11 is 0. The zero-order valence-corrected chi connectivity index (χ0v) is 15.8. The summed E-state index contributed by atoms with van der Waals surface area (Å²) in [4.78, 5) is 10.6. The summed E-state index contributed by atoms with van der Waals surface area (Å²) in [6, 6.07) is 10.0. The van der Waals surface area contributed by atoms with Crippen molar-refractivity contribution >= 4 is 0 Å². The molecule has 27 heavy (non-hydrogen) atoms. The zero-order valence-electron chi connectivity index (χ0n) is 15.8. The molecule has 0 amide bonds. The minimum Gasteiger partial charge on any atom is -0.494 e. The van der Waals surface area contributed by atoms with Crippen LogP contribution in [0.3, 0.4) is 0 Å². The number of benzene rings is 1. The third-order valence-corrected chi connectivity index (χ3v) is 4.05. The van der Waals surface area contributed by atoms with E-state index in [0.717, 1.165) is 29.8 Å². The van der Waals surface area contributed by atoms with Crippen molar-refractivity contribution in [3.05, 3.63) is 72.4 Å². The monoisotopic (exact) mass is 364 g/mol. The number of nitrogens with zero attached hydrogens (tertiary/aromatic N) is 4. The van der Waals surface area contributed by atoms with Gasteiger partial charge in [-0.3, -0.25) is 9.88 Å². The Morgan fingerprint density at radius 1 is 1.19 bits per heavy atom. The van der Waals surface area contributed by atoms with Gasteiger partial charge in [-0.15, -0.1) is 6.58 Å². The fraction of sp³-hybridized carbons (Fsp3) is 0.286. The Morgan fingerprint density at radius 2 is 2.00 bits per heavy atom. The van der Waals surface area contributed by atoms with Crippen LogP contribution in [0, 0.1) is 0 Å². The van der Waals surface area contributed by atoms with Crippen molar-refractivity contribution in [3.8, 4) is 17.1 Å². The molecule has 0 N–H and O–H groups in total. The van der Waals surface area contributed by atoms with Crippen LogP contribution in [0.1, 0.15) is 23.9 Å². The molecule has 2 aromatic heterocycles. The van der Waals surface area contributed by atoms with E-state index in [1.165, 1.54) is 5.56 Å². The first-order valence-corrected chi connectivity index (χ1v) is 8.96. The minimum absolute atomic E-state index is 0.572. The summed E-state index contributed by atoms with van der Waals surface area (Å²) < 4.78 is 11.1. The van der Waals surface area contributed by atoms with Crippen molar-refractivity contribution in [2.75, 3.05) is 13.7 Å². The van der Waals surface area contributed by atoms with Crippen LogP contribution < -0.4 is 4.74 Å². The summed E-state index contributed by atoms with van der Waals surface area (Å²) in [5.74, 6) is 2.08. The number of hydrogen-bond donors (Lipinski definition) is 0. The molecule has 2 heterocycles. The van der Waals surface area contributed by atoms with Gasteiger partial charge in [0.2, 0.25) is 11.7 Å². The number of allylic oxidation sites excluding steroid dienone is 1. The van der Waals surface area contributed by atoms with E-state index in [0.29, 0.717) is 24.9 Å². The minimum atomic E-state index is 0.572. The molecular formula is C21H24N4O2. The highest BCUT2D eigenvalue weighted by Gasteiger charge is 2.12. The average Bonchev–Trinajstić information content (AvgIpc) is 3.13. The lowest BCUT2D eigenvalue weighted by Gasteiger charge is -2.16. The van der Waals surface area contributed by atoms with Gasteiger partial charge in [-0.1, -0.05) is 23.4 Å². The molecule has 6 heteroatoms. The SMILES string of the molecule is C=CCc1cc(CN(C)Cc2nc(-c3ccncc3)no2)ccc1OCC. The molecule has 0 bridgehead atoms. The van der Waals surface area contributed by atoms with Crippen molar-refractivity contribution in [1.82, 2.24) is 20.0 Å². The van der Waals surface area contributed by atoms with Gasteiger partial charge in [-0.25, -0.2) is 0 Å². The Bertz CT molecular complexity index is 877. The molecule has 0 saturated heterocycles. The first-order valence-electron chi connectivity index (χ1n) is 8.96. The van der Waals surface area contributed by atoms with Crippen LogP contribution >= 0.6 is 0 Å². The Balaban J connectivity index is 1.65.